The zero-order valence-electron chi connectivity index (χ0n) is 14.9. The molecule has 3 rings (SSSR count). The van der Waals surface area contributed by atoms with E-state index in [0.717, 1.165) is 5.56 Å². The molecular formula is C22H18BrFN2O2. The fourth-order valence-corrected chi connectivity index (χ4v) is 3.17. The van der Waals surface area contributed by atoms with E-state index >= 15 is 0 Å². The minimum atomic E-state index is -0.828. The van der Waals surface area contributed by atoms with Gasteiger partial charge in [-0.1, -0.05) is 54.6 Å². The number of benzene rings is 3. The van der Waals surface area contributed by atoms with Gasteiger partial charge in [-0.3, -0.25) is 9.59 Å². The third-order valence-corrected chi connectivity index (χ3v) is 4.95. The number of anilines is 1. The molecule has 1 unspecified atom stereocenters. The molecule has 6 heteroatoms. The molecule has 4 nitrogen and oxygen atoms in total. The van der Waals surface area contributed by atoms with E-state index in [4.69, 9.17) is 0 Å². The van der Waals surface area contributed by atoms with Crippen molar-refractivity contribution in [2.75, 3.05) is 5.32 Å². The number of nitrogens with one attached hydrogen (secondary N) is 2. The molecule has 0 saturated heterocycles. The molecule has 0 fully saturated rings. The number of hydrogen-bond donors (Lipinski definition) is 2. The summed E-state index contributed by atoms with van der Waals surface area (Å²) in [6, 6.07) is 21.8. The lowest BCUT2D eigenvalue weighted by atomic mass is 10.0. The van der Waals surface area contributed by atoms with Gasteiger partial charge in [0.1, 0.15) is 11.9 Å². The third-order valence-electron chi connectivity index (χ3n) is 4.14. The predicted octanol–water partition coefficient (Wildman–Crippen LogP) is 4.57. The Bertz CT molecular complexity index is 965. The Morgan fingerprint density at radius 2 is 1.54 bits per heavy atom. The standard InChI is InChI=1S/C22H18BrFN2O2/c23-20-17(12-7-13-18(20)24)21(27)26-19(14-15-8-3-1-4-9-15)22(28)25-16-10-5-2-6-11-16/h1-13,19H,14H2,(H,25,28)(H,26,27). The van der Waals surface area contributed by atoms with Crippen molar-refractivity contribution < 1.29 is 14.0 Å². The lowest BCUT2D eigenvalue weighted by Crippen LogP contribution is -2.45. The summed E-state index contributed by atoms with van der Waals surface area (Å²) in [6.07, 6.45) is 0.304. The first-order valence-electron chi connectivity index (χ1n) is 8.69. The number of amides is 2. The van der Waals surface area contributed by atoms with E-state index in [0.29, 0.717) is 12.1 Å². The highest BCUT2D eigenvalue weighted by atomic mass is 79.9. The van der Waals surface area contributed by atoms with Crippen molar-refractivity contribution in [1.29, 1.82) is 0 Å². The highest BCUT2D eigenvalue weighted by molar-refractivity contribution is 9.10. The van der Waals surface area contributed by atoms with E-state index in [2.05, 4.69) is 26.6 Å². The molecule has 0 aliphatic heterocycles. The predicted molar refractivity (Wildman–Crippen MR) is 111 cm³/mol. The molecule has 2 N–H and O–H groups in total. The van der Waals surface area contributed by atoms with Gasteiger partial charge in [-0.2, -0.15) is 0 Å². The van der Waals surface area contributed by atoms with Gasteiger partial charge in [-0.25, -0.2) is 4.39 Å². The van der Waals surface area contributed by atoms with Crippen LogP contribution in [0.4, 0.5) is 10.1 Å². The molecule has 0 radical (unpaired) electrons. The molecule has 3 aromatic rings. The number of carbonyl (C=O) groups excluding carboxylic acids is 2. The average Bonchev–Trinajstić information content (AvgIpc) is 2.71. The topological polar surface area (TPSA) is 58.2 Å². The highest BCUT2D eigenvalue weighted by Gasteiger charge is 2.23. The van der Waals surface area contributed by atoms with Crippen LogP contribution in [0.2, 0.25) is 0 Å². The van der Waals surface area contributed by atoms with Gasteiger partial charge in [-0.15, -0.1) is 0 Å². The van der Waals surface area contributed by atoms with Crippen molar-refractivity contribution in [2.24, 2.45) is 0 Å². The van der Waals surface area contributed by atoms with Crippen LogP contribution in [0.1, 0.15) is 15.9 Å². The van der Waals surface area contributed by atoms with Crippen molar-refractivity contribution >= 4 is 33.4 Å². The second-order valence-electron chi connectivity index (χ2n) is 6.17. The largest absolute Gasteiger partial charge is 0.340 e. The molecule has 0 aromatic heterocycles. The summed E-state index contributed by atoms with van der Waals surface area (Å²) in [4.78, 5) is 25.5. The lowest BCUT2D eigenvalue weighted by molar-refractivity contribution is -0.118. The first-order chi connectivity index (χ1) is 13.5. The molecule has 0 aliphatic carbocycles. The fraction of sp³-hybridized carbons (Fsp3) is 0.0909. The zero-order valence-corrected chi connectivity index (χ0v) is 16.4. The molecule has 2 amide bonds. The quantitative estimate of drug-likeness (QED) is 0.589. The van der Waals surface area contributed by atoms with Gasteiger partial charge in [0.15, 0.2) is 0 Å². The van der Waals surface area contributed by atoms with Crippen LogP contribution in [-0.2, 0) is 11.2 Å². The number of para-hydroxylation sites is 1. The number of hydrogen-bond acceptors (Lipinski definition) is 2. The molecule has 0 bridgehead atoms. The van der Waals surface area contributed by atoms with Crippen LogP contribution in [0, 0.1) is 5.82 Å². The molecule has 0 aliphatic rings. The van der Waals surface area contributed by atoms with E-state index in [1.165, 1.54) is 18.2 Å². The lowest BCUT2D eigenvalue weighted by Gasteiger charge is -2.19. The Kier molecular flexibility index (Phi) is 6.55. The second kappa shape index (κ2) is 9.28. The first-order valence-corrected chi connectivity index (χ1v) is 9.48. The van der Waals surface area contributed by atoms with E-state index in [-0.39, 0.29) is 15.9 Å². The molecule has 28 heavy (non-hydrogen) atoms. The Morgan fingerprint density at radius 3 is 2.21 bits per heavy atom. The Labute approximate surface area is 170 Å². The Morgan fingerprint density at radius 1 is 0.893 bits per heavy atom. The van der Waals surface area contributed by atoms with Crippen molar-refractivity contribution in [3.8, 4) is 0 Å². The van der Waals surface area contributed by atoms with Crippen LogP contribution in [0.3, 0.4) is 0 Å². The number of halogens is 2. The smallest absolute Gasteiger partial charge is 0.253 e. The fourth-order valence-electron chi connectivity index (χ4n) is 2.73. The summed E-state index contributed by atoms with van der Waals surface area (Å²) in [5, 5.41) is 5.53. The minimum absolute atomic E-state index is 0.0643. The van der Waals surface area contributed by atoms with E-state index in [9.17, 15) is 14.0 Å². The van der Waals surface area contributed by atoms with Crippen LogP contribution in [0.25, 0.3) is 0 Å². The van der Waals surface area contributed by atoms with Crippen molar-refractivity contribution in [3.63, 3.8) is 0 Å². The summed E-state index contributed by atoms with van der Waals surface area (Å²) in [7, 11) is 0. The summed E-state index contributed by atoms with van der Waals surface area (Å²) >= 11 is 3.09. The van der Waals surface area contributed by atoms with Crippen LogP contribution in [0.15, 0.2) is 83.3 Å². The normalized spacial score (nSPS) is 11.5. The van der Waals surface area contributed by atoms with Gasteiger partial charge in [0.2, 0.25) is 5.91 Å². The van der Waals surface area contributed by atoms with Crippen molar-refractivity contribution in [2.45, 2.75) is 12.5 Å². The maximum Gasteiger partial charge on any atom is 0.253 e. The third kappa shape index (κ3) is 5.04. The van der Waals surface area contributed by atoms with E-state index in [1.807, 2.05) is 48.5 Å². The molecule has 142 valence electrons. The van der Waals surface area contributed by atoms with Crippen LogP contribution in [0.5, 0.6) is 0 Å². The zero-order chi connectivity index (χ0) is 19.9. The van der Waals surface area contributed by atoms with Gasteiger partial charge < -0.3 is 10.6 Å². The van der Waals surface area contributed by atoms with Gasteiger partial charge >= 0.3 is 0 Å². The maximum atomic E-state index is 13.8. The van der Waals surface area contributed by atoms with Crippen molar-refractivity contribution in [3.05, 3.63) is 100 Å². The monoisotopic (exact) mass is 440 g/mol. The van der Waals surface area contributed by atoms with E-state index in [1.54, 1.807) is 12.1 Å². The number of carbonyl (C=O) groups is 2. The second-order valence-corrected chi connectivity index (χ2v) is 6.97. The highest BCUT2D eigenvalue weighted by Crippen LogP contribution is 2.20. The van der Waals surface area contributed by atoms with Crippen LogP contribution >= 0.6 is 15.9 Å². The van der Waals surface area contributed by atoms with Gasteiger partial charge in [0.05, 0.1) is 10.0 Å². The Balaban J connectivity index is 1.82. The molecule has 0 saturated carbocycles. The van der Waals surface area contributed by atoms with Gasteiger partial charge in [-0.05, 0) is 45.8 Å². The van der Waals surface area contributed by atoms with E-state index < -0.39 is 17.8 Å². The molecule has 3 aromatic carbocycles. The molecule has 0 spiro atoms. The minimum Gasteiger partial charge on any atom is -0.340 e. The molecular weight excluding hydrogens is 423 g/mol. The van der Waals surface area contributed by atoms with Crippen molar-refractivity contribution in [1.82, 2.24) is 5.32 Å². The van der Waals surface area contributed by atoms with Gasteiger partial charge in [0, 0.05) is 12.1 Å². The summed E-state index contributed by atoms with van der Waals surface area (Å²) < 4.78 is 13.8. The SMILES string of the molecule is O=C(NC(Cc1ccccc1)C(=O)Nc1ccccc1)c1cccc(F)c1Br. The number of rotatable bonds is 6. The van der Waals surface area contributed by atoms with Gasteiger partial charge in [0.25, 0.3) is 5.91 Å². The Hall–Kier alpha value is -2.99. The summed E-state index contributed by atoms with van der Waals surface area (Å²) in [5.74, 6) is -1.42. The maximum absolute atomic E-state index is 13.8. The molecule has 0 heterocycles. The molecule has 1 atom stereocenters. The summed E-state index contributed by atoms with van der Waals surface area (Å²) in [5.41, 5.74) is 1.66. The summed E-state index contributed by atoms with van der Waals surface area (Å²) in [6.45, 7) is 0. The van der Waals surface area contributed by atoms with Crippen LogP contribution in [-0.4, -0.2) is 17.9 Å². The average molecular weight is 441 g/mol. The van der Waals surface area contributed by atoms with Crippen LogP contribution < -0.4 is 10.6 Å². The first kappa shape index (κ1) is 19.8.